The monoisotopic (exact) mass is 419 g/mol. The first kappa shape index (κ1) is 21.8. The molecule has 3 rings (SSSR count). The molecule has 8 heteroatoms. The average Bonchev–Trinajstić information content (AvgIpc) is 3.10. The molecular formula is C22H24F3N3O2. The van der Waals surface area contributed by atoms with E-state index in [4.69, 9.17) is 0 Å². The van der Waals surface area contributed by atoms with E-state index in [9.17, 15) is 22.8 Å². The summed E-state index contributed by atoms with van der Waals surface area (Å²) in [6.45, 7) is 0.425. The van der Waals surface area contributed by atoms with Crippen molar-refractivity contribution in [3.63, 3.8) is 0 Å². The molecule has 160 valence electrons. The lowest BCUT2D eigenvalue weighted by Gasteiger charge is -2.25. The molecule has 30 heavy (non-hydrogen) atoms. The molecular weight excluding hydrogens is 395 g/mol. The Labute approximate surface area is 173 Å². The minimum absolute atomic E-state index is 0.0277. The Morgan fingerprint density at radius 3 is 2.50 bits per heavy atom. The van der Waals surface area contributed by atoms with E-state index in [2.05, 4.69) is 5.32 Å². The Morgan fingerprint density at radius 2 is 1.87 bits per heavy atom. The molecule has 2 aromatic rings. The molecule has 1 heterocycles. The number of carbonyl (C=O) groups is 2. The van der Waals surface area contributed by atoms with Crippen LogP contribution in [0.15, 0.2) is 54.6 Å². The molecule has 0 aromatic heterocycles. The molecule has 5 nitrogen and oxygen atoms in total. The fourth-order valence-corrected chi connectivity index (χ4v) is 3.60. The summed E-state index contributed by atoms with van der Waals surface area (Å²) in [4.78, 5) is 28.3. The van der Waals surface area contributed by atoms with Crippen molar-refractivity contribution in [3.05, 3.63) is 65.7 Å². The van der Waals surface area contributed by atoms with Gasteiger partial charge in [-0.25, -0.2) is 0 Å². The van der Waals surface area contributed by atoms with Crippen molar-refractivity contribution in [2.24, 2.45) is 5.92 Å². The number of anilines is 1. The van der Waals surface area contributed by atoms with Crippen LogP contribution in [0.5, 0.6) is 0 Å². The number of carbonyl (C=O) groups excluding carboxylic acids is 2. The van der Waals surface area contributed by atoms with Crippen LogP contribution in [0, 0.1) is 5.92 Å². The predicted molar refractivity (Wildman–Crippen MR) is 108 cm³/mol. The molecule has 0 bridgehead atoms. The Balaban J connectivity index is 1.65. The molecule has 1 aliphatic heterocycles. The quantitative estimate of drug-likeness (QED) is 0.780. The summed E-state index contributed by atoms with van der Waals surface area (Å²) in [6.07, 6.45) is -4.52. The van der Waals surface area contributed by atoms with Gasteiger partial charge in [-0.15, -0.1) is 0 Å². The van der Waals surface area contributed by atoms with Gasteiger partial charge in [-0.05, 0) is 37.9 Å². The van der Waals surface area contributed by atoms with Crippen LogP contribution in [0.4, 0.5) is 18.9 Å². The first-order valence-electron chi connectivity index (χ1n) is 9.63. The third-order valence-corrected chi connectivity index (χ3v) is 5.26. The van der Waals surface area contributed by atoms with Gasteiger partial charge in [0.05, 0.1) is 17.5 Å². The molecule has 1 N–H and O–H groups in total. The average molecular weight is 419 g/mol. The molecule has 0 saturated carbocycles. The van der Waals surface area contributed by atoms with E-state index < -0.39 is 17.7 Å². The molecule has 0 radical (unpaired) electrons. The van der Waals surface area contributed by atoms with Crippen LogP contribution in [-0.4, -0.2) is 43.9 Å². The summed E-state index contributed by atoms with van der Waals surface area (Å²) >= 11 is 0. The maximum absolute atomic E-state index is 13.0. The normalized spacial score (nSPS) is 18.0. The van der Waals surface area contributed by atoms with Gasteiger partial charge < -0.3 is 15.1 Å². The van der Waals surface area contributed by atoms with Gasteiger partial charge in [-0.1, -0.05) is 36.4 Å². The molecule has 0 spiro atoms. The van der Waals surface area contributed by atoms with Crippen LogP contribution in [-0.2, 0) is 15.8 Å². The van der Waals surface area contributed by atoms with Crippen LogP contribution >= 0.6 is 0 Å². The highest BCUT2D eigenvalue weighted by Gasteiger charge is 2.37. The Hall–Kier alpha value is -2.87. The Morgan fingerprint density at radius 1 is 1.17 bits per heavy atom. The largest absolute Gasteiger partial charge is 0.416 e. The third kappa shape index (κ3) is 4.99. The molecule has 1 fully saturated rings. The number of benzene rings is 2. The molecule has 1 aliphatic rings. The molecule has 1 saturated heterocycles. The second-order valence-corrected chi connectivity index (χ2v) is 7.59. The van der Waals surface area contributed by atoms with Gasteiger partial charge in [0.2, 0.25) is 11.8 Å². The van der Waals surface area contributed by atoms with Gasteiger partial charge in [0.25, 0.3) is 0 Å². The summed E-state index contributed by atoms with van der Waals surface area (Å²) in [5.74, 6) is -1.24. The molecule has 2 amide bonds. The van der Waals surface area contributed by atoms with E-state index in [0.29, 0.717) is 6.54 Å². The summed E-state index contributed by atoms with van der Waals surface area (Å²) in [5, 5.41) is 2.89. The van der Waals surface area contributed by atoms with Crippen molar-refractivity contribution >= 4 is 17.5 Å². The van der Waals surface area contributed by atoms with Gasteiger partial charge in [-0.2, -0.15) is 13.2 Å². The van der Waals surface area contributed by atoms with Crippen LogP contribution < -0.4 is 10.2 Å². The Bertz CT molecular complexity index is 900. The van der Waals surface area contributed by atoms with Gasteiger partial charge in [-0.3, -0.25) is 9.59 Å². The lowest BCUT2D eigenvalue weighted by atomic mass is 10.0. The summed E-state index contributed by atoms with van der Waals surface area (Å²) in [6, 6.07) is 14.3. The van der Waals surface area contributed by atoms with Gasteiger partial charge in [0.15, 0.2) is 0 Å². The van der Waals surface area contributed by atoms with E-state index in [-0.39, 0.29) is 36.5 Å². The zero-order chi connectivity index (χ0) is 21.9. The number of alkyl halides is 3. The maximum atomic E-state index is 13.0. The number of rotatable bonds is 6. The standard InChI is InChI=1S/C22H24F3N3O2/c1-27(2)19(15-7-4-3-5-8-15)13-26-21(30)16-11-20(29)28(14-16)18-10-6-9-17(12-18)22(23,24)25/h3-10,12,16,19H,11,13-14H2,1-2H3,(H,26,30)/t16-,19+/m0/s1. The highest BCUT2D eigenvalue weighted by atomic mass is 19.4. The second-order valence-electron chi connectivity index (χ2n) is 7.59. The van der Waals surface area contributed by atoms with Crippen LogP contribution in [0.1, 0.15) is 23.6 Å². The van der Waals surface area contributed by atoms with Crippen molar-refractivity contribution in [2.45, 2.75) is 18.6 Å². The fraction of sp³-hybridized carbons (Fsp3) is 0.364. The maximum Gasteiger partial charge on any atom is 0.416 e. The van der Waals surface area contributed by atoms with E-state index in [1.165, 1.54) is 17.0 Å². The molecule has 2 atom stereocenters. The van der Waals surface area contributed by atoms with Gasteiger partial charge in [0.1, 0.15) is 0 Å². The van der Waals surface area contributed by atoms with E-state index >= 15 is 0 Å². The van der Waals surface area contributed by atoms with Crippen LogP contribution in [0.2, 0.25) is 0 Å². The van der Waals surface area contributed by atoms with Gasteiger partial charge in [0, 0.05) is 25.2 Å². The van der Waals surface area contributed by atoms with Crippen molar-refractivity contribution in [2.75, 3.05) is 32.1 Å². The summed E-state index contributed by atoms with van der Waals surface area (Å²) in [7, 11) is 3.83. The molecule has 2 aromatic carbocycles. The van der Waals surface area contributed by atoms with Crippen molar-refractivity contribution in [3.8, 4) is 0 Å². The predicted octanol–water partition coefficient (Wildman–Crippen LogP) is 3.48. The lowest BCUT2D eigenvalue weighted by molar-refractivity contribution is -0.137. The van der Waals surface area contributed by atoms with Crippen LogP contribution in [0.3, 0.4) is 0 Å². The lowest BCUT2D eigenvalue weighted by Crippen LogP contribution is -2.38. The zero-order valence-corrected chi connectivity index (χ0v) is 16.8. The number of hydrogen-bond acceptors (Lipinski definition) is 3. The van der Waals surface area contributed by atoms with Crippen molar-refractivity contribution in [1.29, 1.82) is 0 Å². The Kier molecular flexibility index (Phi) is 6.45. The minimum Gasteiger partial charge on any atom is -0.354 e. The first-order valence-corrected chi connectivity index (χ1v) is 9.63. The third-order valence-electron chi connectivity index (χ3n) is 5.26. The summed E-state index contributed by atoms with van der Waals surface area (Å²) in [5.41, 5.74) is 0.383. The van der Waals surface area contributed by atoms with E-state index in [1.54, 1.807) is 0 Å². The number of likely N-dealkylation sites (N-methyl/N-ethyl adjacent to an activating group) is 1. The number of nitrogens with zero attached hydrogens (tertiary/aromatic N) is 2. The number of amides is 2. The highest BCUT2D eigenvalue weighted by molar-refractivity contribution is 6.00. The highest BCUT2D eigenvalue weighted by Crippen LogP contribution is 2.33. The van der Waals surface area contributed by atoms with E-state index in [0.717, 1.165) is 17.7 Å². The van der Waals surface area contributed by atoms with E-state index in [1.807, 2.05) is 49.3 Å². The van der Waals surface area contributed by atoms with Crippen LogP contribution in [0.25, 0.3) is 0 Å². The zero-order valence-electron chi connectivity index (χ0n) is 16.8. The SMILES string of the molecule is CN(C)[C@H](CNC(=O)[C@H]1CC(=O)N(c2cccc(C(F)(F)F)c2)C1)c1ccccc1. The van der Waals surface area contributed by atoms with Crippen molar-refractivity contribution < 1.29 is 22.8 Å². The minimum atomic E-state index is -4.49. The number of hydrogen-bond donors (Lipinski definition) is 1. The van der Waals surface area contributed by atoms with Gasteiger partial charge >= 0.3 is 6.18 Å². The fourth-order valence-electron chi connectivity index (χ4n) is 3.60. The first-order chi connectivity index (χ1) is 14.2. The molecule has 0 aliphatic carbocycles. The second kappa shape index (κ2) is 8.87. The number of nitrogens with one attached hydrogen (secondary N) is 1. The van der Waals surface area contributed by atoms with Crippen molar-refractivity contribution in [1.82, 2.24) is 10.2 Å². The summed E-state index contributed by atoms with van der Waals surface area (Å²) < 4.78 is 38.9. The number of halogens is 3. The molecule has 0 unspecified atom stereocenters. The smallest absolute Gasteiger partial charge is 0.354 e. The topological polar surface area (TPSA) is 52.7 Å².